The van der Waals surface area contributed by atoms with Crippen LogP contribution in [0.4, 0.5) is 5.82 Å². The van der Waals surface area contributed by atoms with E-state index in [1.54, 1.807) is 23.1 Å². The molecule has 3 heterocycles. The van der Waals surface area contributed by atoms with Crippen LogP contribution in [0.2, 0.25) is 10.0 Å². The topological polar surface area (TPSA) is 67.1 Å². The van der Waals surface area contributed by atoms with E-state index >= 15 is 0 Å². The van der Waals surface area contributed by atoms with E-state index in [-0.39, 0.29) is 12.6 Å². The molecule has 0 unspecified atom stereocenters. The summed E-state index contributed by atoms with van der Waals surface area (Å²) in [5, 5.41) is 19.3. The number of rotatable bonds is 3. The van der Waals surface area contributed by atoms with Crippen LogP contribution in [0.5, 0.6) is 0 Å². The molecule has 1 saturated heterocycles. The highest BCUT2D eigenvalue weighted by Crippen LogP contribution is 2.35. The lowest BCUT2D eigenvalue weighted by molar-refractivity contribution is 0.266. The van der Waals surface area contributed by atoms with Crippen LogP contribution in [-0.4, -0.2) is 44.3 Å². The fraction of sp³-hybridized carbons (Fsp3) is 0.312. The molecule has 1 N–H and O–H groups in total. The van der Waals surface area contributed by atoms with Crippen molar-refractivity contribution in [2.24, 2.45) is 0 Å². The molecular formula is C16H15Cl2N5O. The summed E-state index contributed by atoms with van der Waals surface area (Å²) in [6.45, 7) is 0.945. The van der Waals surface area contributed by atoms with Crippen molar-refractivity contribution in [3.8, 4) is 5.69 Å². The lowest BCUT2D eigenvalue weighted by Gasteiger charge is -2.25. The van der Waals surface area contributed by atoms with Crippen LogP contribution in [0.25, 0.3) is 16.6 Å². The van der Waals surface area contributed by atoms with Crippen molar-refractivity contribution in [2.45, 2.75) is 18.9 Å². The van der Waals surface area contributed by atoms with Gasteiger partial charge in [-0.25, -0.2) is 9.67 Å². The number of halogens is 2. The first kappa shape index (κ1) is 15.6. The quantitative estimate of drug-likeness (QED) is 0.774. The molecule has 0 bridgehead atoms. The van der Waals surface area contributed by atoms with Gasteiger partial charge >= 0.3 is 0 Å². The maximum atomic E-state index is 9.62. The third-order valence-electron chi connectivity index (χ3n) is 4.39. The molecule has 3 aromatic rings. The zero-order chi connectivity index (χ0) is 16.7. The Morgan fingerprint density at radius 3 is 2.92 bits per heavy atom. The van der Waals surface area contributed by atoms with Gasteiger partial charge in [-0.2, -0.15) is 0 Å². The van der Waals surface area contributed by atoms with E-state index in [1.807, 2.05) is 12.1 Å². The van der Waals surface area contributed by atoms with Crippen molar-refractivity contribution < 1.29 is 5.11 Å². The standard InChI is InChI=1S/C16H15Cl2N5O/c17-12-4-3-11-13(23-7-5-19-21-23)8-14(20-16(11)15(12)18)22-6-1-2-10(22)9-24/h3-5,7-8,10,24H,1-2,6,9H2/t10-/m0/s1. The number of anilines is 1. The number of aliphatic hydroxyl groups excluding tert-OH is 1. The van der Waals surface area contributed by atoms with Gasteiger partial charge in [-0.05, 0) is 25.0 Å². The van der Waals surface area contributed by atoms with Gasteiger partial charge in [0.05, 0.1) is 46.3 Å². The van der Waals surface area contributed by atoms with Gasteiger partial charge < -0.3 is 10.0 Å². The van der Waals surface area contributed by atoms with Crippen molar-refractivity contribution in [3.63, 3.8) is 0 Å². The molecule has 1 aromatic carbocycles. The number of nitrogens with zero attached hydrogens (tertiary/aromatic N) is 5. The van der Waals surface area contributed by atoms with Gasteiger partial charge in [-0.3, -0.25) is 0 Å². The molecule has 2 aromatic heterocycles. The minimum Gasteiger partial charge on any atom is -0.394 e. The summed E-state index contributed by atoms with van der Waals surface area (Å²) >= 11 is 12.6. The number of aliphatic hydroxyl groups is 1. The van der Waals surface area contributed by atoms with Crippen molar-refractivity contribution >= 4 is 39.9 Å². The molecule has 1 atom stereocenters. The summed E-state index contributed by atoms with van der Waals surface area (Å²) in [5.41, 5.74) is 1.45. The van der Waals surface area contributed by atoms with Gasteiger partial charge in [0.2, 0.25) is 0 Å². The Morgan fingerprint density at radius 2 is 2.17 bits per heavy atom. The highest BCUT2D eigenvalue weighted by Gasteiger charge is 2.26. The third-order valence-corrected chi connectivity index (χ3v) is 5.18. The lowest BCUT2D eigenvalue weighted by atomic mass is 10.1. The summed E-state index contributed by atoms with van der Waals surface area (Å²) in [6, 6.07) is 5.65. The highest BCUT2D eigenvalue weighted by atomic mass is 35.5. The van der Waals surface area contributed by atoms with Crippen molar-refractivity contribution in [1.29, 1.82) is 0 Å². The maximum absolute atomic E-state index is 9.62. The Hall–Kier alpha value is -1.89. The number of aromatic nitrogens is 4. The number of hydrogen-bond donors (Lipinski definition) is 1. The fourth-order valence-electron chi connectivity index (χ4n) is 3.20. The van der Waals surface area contributed by atoms with Crippen LogP contribution in [0, 0.1) is 0 Å². The summed E-state index contributed by atoms with van der Waals surface area (Å²) in [4.78, 5) is 6.83. The van der Waals surface area contributed by atoms with Crippen LogP contribution in [0.3, 0.4) is 0 Å². The Labute approximate surface area is 148 Å². The molecule has 0 amide bonds. The zero-order valence-electron chi connectivity index (χ0n) is 12.7. The first-order valence-corrected chi connectivity index (χ1v) is 8.47. The van der Waals surface area contributed by atoms with Gasteiger partial charge in [0.25, 0.3) is 0 Å². The van der Waals surface area contributed by atoms with E-state index < -0.39 is 0 Å². The van der Waals surface area contributed by atoms with Crippen LogP contribution in [-0.2, 0) is 0 Å². The van der Waals surface area contributed by atoms with Gasteiger partial charge in [-0.15, -0.1) is 5.10 Å². The van der Waals surface area contributed by atoms with Crippen LogP contribution >= 0.6 is 23.2 Å². The van der Waals surface area contributed by atoms with Crippen LogP contribution < -0.4 is 4.90 Å². The fourth-order valence-corrected chi connectivity index (χ4v) is 3.56. The molecule has 0 spiro atoms. The highest BCUT2D eigenvalue weighted by molar-refractivity contribution is 6.45. The van der Waals surface area contributed by atoms with Crippen LogP contribution in [0.1, 0.15) is 12.8 Å². The zero-order valence-corrected chi connectivity index (χ0v) is 14.2. The second-order valence-electron chi connectivity index (χ2n) is 5.78. The normalized spacial score (nSPS) is 17.8. The second kappa shape index (κ2) is 6.20. The summed E-state index contributed by atoms with van der Waals surface area (Å²) in [7, 11) is 0. The lowest BCUT2D eigenvalue weighted by Crippen LogP contribution is -2.32. The summed E-state index contributed by atoms with van der Waals surface area (Å²) in [5.74, 6) is 0.758. The Balaban J connectivity index is 1.97. The van der Waals surface area contributed by atoms with E-state index in [1.165, 1.54) is 0 Å². The number of benzene rings is 1. The maximum Gasteiger partial charge on any atom is 0.131 e. The second-order valence-corrected chi connectivity index (χ2v) is 6.56. The first-order chi connectivity index (χ1) is 11.7. The molecule has 24 heavy (non-hydrogen) atoms. The van der Waals surface area contributed by atoms with Crippen molar-refractivity contribution in [2.75, 3.05) is 18.1 Å². The smallest absolute Gasteiger partial charge is 0.131 e. The van der Waals surface area contributed by atoms with E-state index in [2.05, 4.69) is 15.2 Å². The molecule has 8 heteroatoms. The monoisotopic (exact) mass is 363 g/mol. The van der Waals surface area contributed by atoms with Crippen molar-refractivity contribution in [3.05, 3.63) is 40.6 Å². The predicted octanol–water partition coefficient (Wildman–Crippen LogP) is 3.08. The largest absolute Gasteiger partial charge is 0.394 e. The number of hydrogen-bond acceptors (Lipinski definition) is 5. The van der Waals surface area contributed by atoms with E-state index in [0.717, 1.165) is 36.3 Å². The molecule has 0 aliphatic carbocycles. The van der Waals surface area contributed by atoms with E-state index in [0.29, 0.717) is 15.6 Å². The Bertz CT molecular complexity index is 884. The molecule has 4 rings (SSSR count). The van der Waals surface area contributed by atoms with Gasteiger partial charge in [-0.1, -0.05) is 28.4 Å². The molecule has 1 aliphatic rings. The molecule has 0 saturated carbocycles. The minimum absolute atomic E-state index is 0.0662. The van der Waals surface area contributed by atoms with Gasteiger partial charge in [0.1, 0.15) is 5.82 Å². The molecule has 6 nitrogen and oxygen atoms in total. The predicted molar refractivity (Wildman–Crippen MR) is 94.1 cm³/mol. The summed E-state index contributed by atoms with van der Waals surface area (Å²) < 4.78 is 1.68. The van der Waals surface area contributed by atoms with E-state index in [4.69, 9.17) is 28.2 Å². The third kappa shape index (κ3) is 2.51. The minimum atomic E-state index is 0.0662. The molecule has 0 radical (unpaired) electrons. The molecule has 124 valence electrons. The Kier molecular flexibility index (Phi) is 4.04. The number of fused-ring (bicyclic) bond motifs is 1. The number of pyridine rings is 1. The average molecular weight is 364 g/mol. The van der Waals surface area contributed by atoms with Gasteiger partial charge in [0.15, 0.2) is 0 Å². The summed E-state index contributed by atoms with van der Waals surface area (Å²) in [6.07, 6.45) is 5.36. The van der Waals surface area contributed by atoms with Crippen molar-refractivity contribution in [1.82, 2.24) is 20.0 Å². The SMILES string of the molecule is OC[C@@H]1CCCN1c1cc(-n2ccnn2)c2ccc(Cl)c(Cl)c2n1. The molecular weight excluding hydrogens is 349 g/mol. The van der Waals surface area contributed by atoms with Gasteiger partial charge in [0, 0.05) is 18.0 Å². The first-order valence-electron chi connectivity index (χ1n) is 7.72. The van der Waals surface area contributed by atoms with E-state index in [9.17, 15) is 5.11 Å². The Morgan fingerprint density at radius 1 is 1.29 bits per heavy atom. The molecule has 1 aliphatic heterocycles. The average Bonchev–Trinajstić information content (AvgIpc) is 3.28. The van der Waals surface area contributed by atoms with Crippen LogP contribution in [0.15, 0.2) is 30.6 Å². The molecule has 1 fully saturated rings.